The molecule has 0 saturated carbocycles. The number of nitrogens with one attached hydrogen (secondary N) is 1. The van der Waals surface area contributed by atoms with E-state index >= 15 is 0 Å². The number of carbonyl (C=O) groups excluding carboxylic acids is 1. The topological polar surface area (TPSA) is 38.3 Å². The van der Waals surface area contributed by atoms with Gasteiger partial charge in [-0.15, -0.1) is 0 Å². The van der Waals surface area contributed by atoms with Crippen molar-refractivity contribution in [3.8, 4) is 5.75 Å². The van der Waals surface area contributed by atoms with Crippen molar-refractivity contribution in [1.82, 2.24) is 0 Å². The van der Waals surface area contributed by atoms with Crippen LogP contribution in [0.15, 0.2) is 36.4 Å². The highest BCUT2D eigenvalue weighted by Gasteiger charge is 2.20. The Morgan fingerprint density at radius 1 is 1.24 bits per heavy atom. The van der Waals surface area contributed by atoms with E-state index in [0.717, 1.165) is 22.4 Å². The maximum absolute atomic E-state index is 13.8. The molecule has 0 saturated heterocycles. The number of alkyl halides is 1. The van der Waals surface area contributed by atoms with Crippen molar-refractivity contribution in [1.29, 1.82) is 0 Å². The fraction of sp³-hybridized carbons (Fsp3) is 0.188. The van der Waals surface area contributed by atoms with E-state index in [1.165, 1.54) is 13.2 Å². The first-order valence-corrected chi connectivity index (χ1v) is 7.40. The first kappa shape index (κ1) is 14.1. The van der Waals surface area contributed by atoms with Gasteiger partial charge in [0.25, 0.3) is 0 Å². The first-order chi connectivity index (χ1) is 10.1. The van der Waals surface area contributed by atoms with Crippen LogP contribution in [0.4, 0.5) is 10.1 Å². The van der Waals surface area contributed by atoms with Crippen LogP contribution >= 0.6 is 15.9 Å². The van der Waals surface area contributed by atoms with Crippen molar-refractivity contribution in [3.63, 3.8) is 0 Å². The molecular formula is C16H13BrFNO2. The summed E-state index contributed by atoms with van der Waals surface area (Å²) in [5.74, 6) is -0.164. The lowest BCUT2D eigenvalue weighted by atomic mass is 10.0. The summed E-state index contributed by atoms with van der Waals surface area (Å²) in [6, 6.07) is 10.6. The Hall–Kier alpha value is -1.88. The summed E-state index contributed by atoms with van der Waals surface area (Å²) in [6.07, 6.45) is 0.389. The fourth-order valence-electron chi connectivity index (χ4n) is 2.44. The van der Waals surface area contributed by atoms with Crippen LogP contribution in [0.1, 0.15) is 21.5 Å². The molecule has 21 heavy (non-hydrogen) atoms. The molecule has 5 heteroatoms. The highest BCUT2D eigenvalue weighted by Crippen LogP contribution is 2.35. The zero-order valence-electron chi connectivity index (χ0n) is 11.3. The van der Waals surface area contributed by atoms with Gasteiger partial charge in [-0.2, -0.15) is 0 Å². The van der Waals surface area contributed by atoms with E-state index in [4.69, 9.17) is 4.74 Å². The third-order valence-electron chi connectivity index (χ3n) is 3.52. The molecule has 0 aromatic heterocycles. The van der Waals surface area contributed by atoms with Gasteiger partial charge in [0.05, 0.1) is 18.4 Å². The summed E-state index contributed by atoms with van der Waals surface area (Å²) >= 11 is 3.59. The number of rotatable bonds is 3. The summed E-state index contributed by atoms with van der Waals surface area (Å²) in [7, 11) is 1.44. The van der Waals surface area contributed by atoms with Crippen molar-refractivity contribution in [2.75, 3.05) is 12.4 Å². The molecule has 1 aliphatic heterocycles. The van der Waals surface area contributed by atoms with Gasteiger partial charge < -0.3 is 10.1 Å². The average Bonchev–Trinajstić information content (AvgIpc) is 2.85. The van der Waals surface area contributed by atoms with Crippen LogP contribution in [-0.2, 0) is 11.2 Å². The van der Waals surface area contributed by atoms with E-state index in [2.05, 4.69) is 21.2 Å². The molecule has 0 bridgehead atoms. The quantitative estimate of drug-likeness (QED) is 0.855. The summed E-state index contributed by atoms with van der Waals surface area (Å²) in [4.78, 5) is 11.2. The van der Waals surface area contributed by atoms with E-state index in [9.17, 15) is 9.18 Å². The Kier molecular flexibility index (Phi) is 3.68. The van der Waals surface area contributed by atoms with Crippen LogP contribution in [0.2, 0.25) is 0 Å². The molecular weight excluding hydrogens is 337 g/mol. The molecule has 2 aromatic carbocycles. The second-order valence-corrected chi connectivity index (χ2v) is 5.81. The minimum Gasteiger partial charge on any atom is -0.494 e. The summed E-state index contributed by atoms with van der Waals surface area (Å²) in [5.41, 5.74) is 3.60. The number of benzene rings is 2. The third kappa shape index (κ3) is 2.65. The zero-order chi connectivity index (χ0) is 15.0. The van der Waals surface area contributed by atoms with E-state index < -0.39 is 5.82 Å². The predicted molar refractivity (Wildman–Crippen MR) is 82.5 cm³/mol. The van der Waals surface area contributed by atoms with Crippen LogP contribution in [0, 0.1) is 5.82 Å². The molecule has 1 unspecified atom stereocenters. The summed E-state index contributed by atoms with van der Waals surface area (Å²) in [5, 5.41) is 2.80. The van der Waals surface area contributed by atoms with Crippen molar-refractivity contribution < 1.29 is 13.9 Å². The number of ether oxygens (including phenoxy) is 1. The van der Waals surface area contributed by atoms with Gasteiger partial charge in [-0.1, -0.05) is 34.1 Å². The molecule has 3 rings (SSSR count). The van der Waals surface area contributed by atoms with Gasteiger partial charge in [0.2, 0.25) is 5.91 Å². The van der Waals surface area contributed by atoms with Gasteiger partial charge in [0.15, 0.2) is 11.6 Å². The third-order valence-corrected chi connectivity index (χ3v) is 4.57. The van der Waals surface area contributed by atoms with Gasteiger partial charge in [0.1, 0.15) is 0 Å². The minimum absolute atomic E-state index is 0.00349. The molecule has 0 aliphatic carbocycles. The van der Waals surface area contributed by atoms with Crippen LogP contribution < -0.4 is 10.1 Å². The van der Waals surface area contributed by atoms with Gasteiger partial charge in [-0.3, -0.25) is 4.79 Å². The number of amides is 1. The Balaban J connectivity index is 1.92. The van der Waals surface area contributed by atoms with Gasteiger partial charge in [0, 0.05) is 5.69 Å². The van der Waals surface area contributed by atoms with Crippen molar-refractivity contribution in [2.24, 2.45) is 0 Å². The number of hydrogen-bond acceptors (Lipinski definition) is 2. The Morgan fingerprint density at radius 2 is 1.95 bits per heavy atom. The molecule has 3 nitrogen and oxygen atoms in total. The van der Waals surface area contributed by atoms with E-state index in [-0.39, 0.29) is 16.5 Å². The lowest BCUT2D eigenvalue weighted by molar-refractivity contribution is -0.115. The molecule has 0 radical (unpaired) electrons. The normalized spacial score (nSPS) is 14.5. The Morgan fingerprint density at radius 3 is 2.67 bits per heavy atom. The highest BCUT2D eigenvalue weighted by atomic mass is 79.9. The molecule has 2 aromatic rings. The molecule has 0 spiro atoms. The second-order valence-electron chi connectivity index (χ2n) is 4.90. The zero-order valence-corrected chi connectivity index (χ0v) is 12.9. The highest BCUT2D eigenvalue weighted by molar-refractivity contribution is 9.09. The predicted octanol–water partition coefficient (Wildman–Crippen LogP) is 3.81. The summed E-state index contributed by atoms with van der Waals surface area (Å²) < 4.78 is 18.7. The SMILES string of the molecule is COc1ccc(C(Br)c2ccc3c(c2)CC(=O)N3)cc1F. The second kappa shape index (κ2) is 5.48. The van der Waals surface area contributed by atoms with E-state index in [1.807, 2.05) is 24.3 Å². The minimum atomic E-state index is -0.391. The Bertz CT molecular complexity index is 717. The van der Waals surface area contributed by atoms with E-state index in [1.54, 1.807) is 6.07 Å². The lowest BCUT2D eigenvalue weighted by Crippen LogP contribution is -2.03. The van der Waals surface area contributed by atoms with Crippen LogP contribution in [0.5, 0.6) is 5.75 Å². The van der Waals surface area contributed by atoms with Gasteiger partial charge in [-0.25, -0.2) is 4.39 Å². The number of hydrogen-bond donors (Lipinski definition) is 1. The van der Waals surface area contributed by atoms with E-state index in [0.29, 0.717) is 6.42 Å². The van der Waals surface area contributed by atoms with Crippen molar-refractivity contribution >= 4 is 27.5 Å². The first-order valence-electron chi connectivity index (χ1n) is 6.48. The van der Waals surface area contributed by atoms with Crippen molar-refractivity contribution in [3.05, 3.63) is 58.9 Å². The molecule has 1 heterocycles. The monoisotopic (exact) mass is 349 g/mol. The number of carbonyl (C=O) groups is 1. The number of methoxy groups -OCH3 is 1. The molecule has 1 N–H and O–H groups in total. The number of fused-ring (bicyclic) bond motifs is 1. The van der Waals surface area contributed by atoms with Gasteiger partial charge in [-0.05, 0) is 34.9 Å². The van der Waals surface area contributed by atoms with Crippen molar-refractivity contribution in [2.45, 2.75) is 11.2 Å². The van der Waals surface area contributed by atoms with Crippen LogP contribution in [-0.4, -0.2) is 13.0 Å². The van der Waals surface area contributed by atoms with Crippen LogP contribution in [0.3, 0.4) is 0 Å². The molecule has 0 fully saturated rings. The van der Waals surface area contributed by atoms with Gasteiger partial charge >= 0.3 is 0 Å². The van der Waals surface area contributed by atoms with Crippen LogP contribution in [0.25, 0.3) is 0 Å². The molecule has 1 aliphatic rings. The molecule has 1 amide bonds. The number of halogens is 2. The fourth-order valence-corrected chi connectivity index (χ4v) is 3.01. The smallest absolute Gasteiger partial charge is 0.228 e. The summed E-state index contributed by atoms with van der Waals surface area (Å²) in [6.45, 7) is 0. The standard InChI is InChI=1S/C16H13BrFNO2/c1-21-14-5-3-10(7-12(14)18)16(17)9-2-4-13-11(6-9)8-15(20)19-13/h2-7,16H,8H2,1H3,(H,19,20). The Labute approximate surface area is 130 Å². The largest absolute Gasteiger partial charge is 0.494 e. The lowest BCUT2D eigenvalue weighted by Gasteiger charge is -2.13. The molecule has 108 valence electrons. The number of anilines is 1. The maximum Gasteiger partial charge on any atom is 0.228 e. The average molecular weight is 350 g/mol. The maximum atomic E-state index is 13.8. The molecule has 1 atom stereocenters.